The molecule has 0 spiro atoms. The third-order valence-electron chi connectivity index (χ3n) is 4.55. The SMILES string of the molecule is C[C@@H](c1ccc(Br)cc1)N(CC[C@H](CC(=O)O)c1ccc(F)cc1)C(=O)O. The van der Waals surface area contributed by atoms with Crippen LogP contribution in [0.5, 0.6) is 0 Å². The Morgan fingerprint density at radius 2 is 1.59 bits per heavy atom. The van der Waals surface area contributed by atoms with E-state index in [1.807, 2.05) is 24.3 Å². The van der Waals surface area contributed by atoms with Gasteiger partial charge in [-0.1, -0.05) is 40.2 Å². The molecule has 0 bridgehead atoms. The van der Waals surface area contributed by atoms with Crippen LogP contribution in [0.15, 0.2) is 53.0 Å². The number of carboxylic acid groups (broad SMARTS) is 2. The number of benzene rings is 2. The number of hydrogen-bond acceptors (Lipinski definition) is 2. The van der Waals surface area contributed by atoms with Crippen LogP contribution in [0.1, 0.15) is 42.9 Å². The first-order valence-corrected chi connectivity index (χ1v) is 9.29. The summed E-state index contributed by atoms with van der Waals surface area (Å²) in [6.45, 7) is 1.96. The number of nitrogens with zero attached hydrogens (tertiary/aromatic N) is 1. The van der Waals surface area contributed by atoms with Crippen molar-refractivity contribution in [1.29, 1.82) is 0 Å². The standard InChI is InChI=1S/C20H21BrFNO4/c1-13(14-2-6-17(21)7-3-14)23(20(26)27)11-10-16(12-19(24)25)15-4-8-18(22)9-5-15/h2-9,13,16H,10-12H2,1H3,(H,24,25)(H,26,27)/t13-,16+/m0/s1. The minimum atomic E-state index is -1.07. The topological polar surface area (TPSA) is 77.8 Å². The molecule has 0 fully saturated rings. The molecule has 0 aliphatic carbocycles. The van der Waals surface area contributed by atoms with Crippen LogP contribution in [-0.4, -0.2) is 33.7 Å². The molecule has 2 N–H and O–H groups in total. The van der Waals surface area contributed by atoms with Crippen LogP contribution in [-0.2, 0) is 4.79 Å². The van der Waals surface area contributed by atoms with E-state index in [2.05, 4.69) is 15.9 Å². The monoisotopic (exact) mass is 437 g/mol. The quantitative estimate of drug-likeness (QED) is 0.588. The van der Waals surface area contributed by atoms with E-state index in [4.69, 9.17) is 0 Å². The molecule has 5 nitrogen and oxygen atoms in total. The van der Waals surface area contributed by atoms with Crippen molar-refractivity contribution in [2.75, 3.05) is 6.54 Å². The highest BCUT2D eigenvalue weighted by atomic mass is 79.9. The lowest BCUT2D eigenvalue weighted by atomic mass is 9.92. The Kier molecular flexibility index (Phi) is 7.36. The molecule has 7 heteroatoms. The van der Waals surface area contributed by atoms with E-state index in [1.54, 1.807) is 19.1 Å². The summed E-state index contributed by atoms with van der Waals surface area (Å²) in [5.74, 6) is -1.78. The summed E-state index contributed by atoms with van der Waals surface area (Å²) in [6.07, 6.45) is -0.893. The fraction of sp³-hybridized carbons (Fsp3) is 0.300. The van der Waals surface area contributed by atoms with Crippen LogP contribution < -0.4 is 0 Å². The minimum Gasteiger partial charge on any atom is -0.481 e. The molecule has 2 rings (SSSR count). The van der Waals surface area contributed by atoms with Crippen molar-refractivity contribution in [3.8, 4) is 0 Å². The zero-order valence-electron chi connectivity index (χ0n) is 14.8. The molecular formula is C20H21BrFNO4. The van der Waals surface area contributed by atoms with Gasteiger partial charge in [0.1, 0.15) is 5.82 Å². The first-order valence-electron chi connectivity index (χ1n) is 8.50. The van der Waals surface area contributed by atoms with Crippen LogP contribution >= 0.6 is 15.9 Å². The van der Waals surface area contributed by atoms with E-state index < -0.39 is 23.8 Å². The second-order valence-corrected chi connectivity index (χ2v) is 7.25. The minimum absolute atomic E-state index is 0.147. The molecule has 2 atom stereocenters. The van der Waals surface area contributed by atoms with Crippen LogP contribution in [0.3, 0.4) is 0 Å². The van der Waals surface area contributed by atoms with E-state index >= 15 is 0 Å². The van der Waals surface area contributed by atoms with Crippen LogP contribution in [0, 0.1) is 5.82 Å². The Labute approximate surface area is 165 Å². The van der Waals surface area contributed by atoms with Crippen LogP contribution in [0.25, 0.3) is 0 Å². The number of halogens is 2. The second kappa shape index (κ2) is 9.50. The predicted octanol–water partition coefficient (Wildman–Crippen LogP) is 5.28. The third-order valence-corrected chi connectivity index (χ3v) is 5.08. The zero-order valence-corrected chi connectivity index (χ0v) is 16.4. The predicted molar refractivity (Wildman–Crippen MR) is 103 cm³/mol. The highest BCUT2D eigenvalue weighted by Crippen LogP contribution is 2.28. The van der Waals surface area contributed by atoms with Crippen LogP contribution in [0.2, 0.25) is 0 Å². The van der Waals surface area contributed by atoms with E-state index in [-0.39, 0.29) is 19.0 Å². The smallest absolute Gasteiger partial charge is 0.407 e. The first kappa shape index (κ1) is 20.9. The number of hydrogen-bond donors (Lipinski definition) is 2. The van der Waals surface area contributed by atoms with Gasteiger partial charge in [-0.25, -0.2) is 9.18 Å². The van der Waals surface area contributed by atoms with Crippen molar-refractivity contribution < 1.29 is 24.2 Å². The Bertz CT molecular complexity index is 780. The van der Waals surface area contributed by atoms with E-state index in [0.29, 0.717) is 12.0 Å². The van der Waals surface area contributed by atoms with Crippen molar-refractivity contribution in [2.24, 2.45) is 0 Å². The average molecular weight is 438 g/mol. The molecule has 1 amide bonds. The molecule has 0 saturated heterocycles. The van der Waals surface area contributed by atoms with Gasteiger partial charge in [-0.15, -0.1) is 0 Å². The van der Waals surface area contributed by atoms with Crippen molar-refractivity contribution >= 4 is 28.0 Å². The van der Waals surface area contributed by atoms with Gasteiger partial charge >= 0.3 is 12.1 Å². The molecule has 2 aromatic rings. The summed E-state index contributed by atoms with van der Waals surface area (Å²) in [4.78, 5) is 24.2. The maximum absolute atomic E-state index is 13.1. The van der Waals surface area contributed by atoms with Gasteiger partial charge in [-0.2, -0.15) is 0 Å². The molecule has 27 heavy (non-hydrogen) atoms. The van der Waals surface area contributed by atoms with Gasteiger partial charge < -0.3 is 15.1 Å². The summed E-state index contributed by atoms with van der Waals surface area (Å²) in [6, 6.07) is 12.7. The van der Waals surface area contributed by atoms with Crippen molar-refractivity contribution in [2.45, 2.75) is 31.7 Å². The molecule has 0 aliphatic heterocycles. The zero-order chi connectivity index (χ0) is 20.0. The maximum Gasteiger partial charge on any atom is 0.407 e. The van der Waals surface area contributed by atoms with Gasteiger partial charge in [-0.3, -0.25) is 4.79 Å². The molecule has 0 aliphatic rings. The van der Waals surface area contributed by atoms with Crippen molar-refractivity contribution in [3.63, 3.8) is 0 Å². The van der Waals surface area contributed by atoms with Crippen LogP contribution in [0.4, 0.5) is 9.18 Å². The average Bonchev–Trinajstić information content (AvgIpc) is 2.61. The van der Waals surface area contributed by atoms with E-state index in [1.165, 1.54) is 17.0 Å². The highest BCUT2D eigenvalue weighted by molar-refractivity contribution is 9.10. The molecule has 0 aromatic heterocycles. The molecule has 0 radical (unpaired) electrons. The number of carbonyl (C=O) groups is 2. The third kappa shape index (κ3) is 6.06. The molecule has 144 valence electrons. The fourth-order valence-electron chi connectivity index (χ4n) is 3.00. The lowest BCUT2D eigenvalue weighted by Crippen LogP contribution is -2.34. The van der Waals surface area contributed by atoms with Crippen molar-refractivity contribution in [1.82, 2.24) is 4.90 Å². The molecule has 0 saturated carbocycles. The molecular weight excluding hydrogens is 417 g/mol. The molecule has 0 unspecified atom stereocenters. The maximum atomic E-state index is 13.1. The lowest BCUT2D eigenvalue weighted by Gasteiger charge is -2.28. The Hall–Kier alpha value is -2.41. The largest absolute Gasteiger partial charge is 0.481 e. The lowest BCUT2D eigenvalue weighted by molar-refractivity contribution is -0.137. The number of rotatable bonds is 8. The van der Waals surface area contributed by atoms with Crippen molar-refractivity contribution in [3.05, 3.63) is 69.9 Å². The van der Waals surface area contributed by atoms with Gasteiger partial charge in [-0.05, 0) is 54.7 Å². The second-order valence-electron chi connectivity index (χ2n) is 6.34. The summed E-state index contributed by atoms with van der Waals surface area (Å²) in [7, 11) is 0. The van der Waals surface area contributed by atoms with Gasteiger partial charge in [0, 0.05) is 11.0 Å². The van der Waals surface area contributed by atoms with Gasteiger partial charge in [0.25, 0.3) is 0 Å². The first-order chi connectivity index (χ1) is 12.8. The number of carboxylic acids is 1. The highest BCUT2D eigenvalue weighted by Gasteiger charge is 2.24. The van der Waals surface area contributed by atoms with Gasteiger partial charge in [0.15, 0.2) is 0 Å². The van der Waals surface area contributed by atoms with E-state index in [0.717, 1.165) is 10.0 Å². The van der Waals surface area contributed by atoms with E-state index in [9.17, 15) is 24.2 Å². The van der Waals surface area contributed by atoms with Gasteiger partial charge in [0.2, 0.25) is 0 Å². The summed E-state index contributed by atoms with van der Waals surface area (Å²) < 4.78 is 14.0. The summed E-state index contributed by atoms with van der Waals surface area (Å²) >= 11 is 3.35. The summed E-state index contributed by atoms with van der Waals surface area (Å²) in [5.41, 5.74) is 1.53. The molecule has 0 heterocycles. The molecule has 2 aromatic carbocycles. The fourth-order valence-corrected chi connectivity index (χ4v) is 3.27. The Morgan fingerprint density at radius 1 is 1.04 bits per heavy atom. The Morgan fingerprint density at radius 3 is 2.11 bits per heavy atom. The number of aliphatic carboxylic acids is 1. The summed E-state index contributed by atoms with van der Waals surface area (Å²) in [5, 5.41) is 18.8. The Balaban J connectivity index is 2.15. The van der Waals surface area contributed by atoms with Gasteiger partial charge in [0.05, 0.1) is 12.5 Å². The number of amides is 1. The normalized spacial score (nSPS) is 13.0.